The molecular weight excluding hydrogens is 367 g/mol. The molecule has 1 aromatic rings. The second-order valence-electron chi connectivity index (χ2n) is 5.93. The molecule has 5 nitrogen and oxygen atoms in total. The number of ether oxygens (including phenoxy) is 1. The van der Waals surface area contributed by atoms with Gasteiger partial charge in [-0.2, -0.15) is 0 Å². The first kappa shape index (κ1) is 16.4. The van der Waals surface area contributed by atoms with Gasteiger partial charge in [0.15, 0.2) is 0 Å². The predicted molar refractivity (Wildman–Crippen MR) is 86.8 cm³/mol. The van der Waals surface area contributed by atoms with Crippen molar-refractivity contribution < 1.29 is 18.7 Å². The van der Waals surface area contributed by atoms with Crippen LogP contribution in [0.25, 0.3) is 0 Å². The number of halogens is 2. The normalized spacial score (nSPS) is 18.5. The minimum absolute atomic E-state index is 0.143. The highest BCUT2D eigenvalue weighted by atomic mass is 79.9. The van der Waals surface area contributed by atoms with E-state index in [9.17, 15) is 14.0 Å². The van der Waals surface area contributed by atoms with Gasteiger partial charge in [0.1, 0.15) is 5.82 Å². The third kappa shape index (κ3) is 4.09. The fourth-order valence-electron chi connectivity index (χ4n) is 2.56. The van der Waals surface area contributed by atoms with E-state index >= 15 is 0 Å². The molecule has 23 heavy (non-hydrogen) atoms. The molecule has 0 bridgehead atoms. The van der Waals surface area contributed by atoms with Crippen LogP contribution in [0, 0.1) is 11.7 Å². The van der Waals surface area contributed by atoms with Crippen molar-refractivity contribution in [2.24, 2.45) is 5.92 Å². The molecule has 2 N–H and O–H groups in total. The Hall–Kier alpha value is -1.47. The number of anilines is 1. The molecule has 1 aliphatic heterocycles. The first-order valence-corrected chi connectivity index (χ1v) is 8.52. The molecule has 1 aliphatic carbocycles. The molecule has 1 heterocycles. The summed E-state index contributed by atoms with van der Waals surface area (Å²) >= 11 is 3.24. The first-order chi connectivity index (χ1) is 11.0. The van der Waals surface area contributed by atoms with Gasteiger partial charge in [0, 0.05) is 29.6 Å². The Morgan fingerprint density at radius 3 is 2.52 bits per heavy atom. The summed E-state index contributed by atoms with van der Waals surface area (Å²) in [5, 5.41) is 5.60. The Morgan fingerprint density at radius 2 is 1.87 bits per heavy atom. The first-order valence-electron chi connectivity index (χ1n) is 7.73. The number of carbonyl (C=O) groups is 2. The zero-order chi connectivity index (χ0) is 16.4. The predicted octanol–water partition coefficient (Wildman–Crippen LogP) is 2.85. The van der Waals surface area contributed by atoms with Gasteiger partial charge in [-0.25, -0.2) is 4.39 Å². The van der Waals surface area contributed by atoms with Gasteiger partial charge >= 0.3 is 0 Å². The fraction of sp³-hybridized carbons (Fsp3) is 0.500. The molecule has 2 amide bonds. The maximum Gasteiger partial charge on any atom is 0.253 e. The molecule has 7 heteroatoms. The van der Waals surface area contributed by atoms with E-state index in [0.29, 0.717) is 36.2 Å². The van der Waals surface area contributed by atoms with Crippen LogP contribution in [0.1, 0.15) is 36.0 Å². The quantitative estimate of drug-likeness (QED) is 0.838. The van der Waals surface area contributed by atoms with E-state index in [1.807, 2.05) is 0 Å². The average molecular weight is 385 g/mol. The van der Waals surface area contributed by atoms with Gasteiger partial charge in [-0.05, 0) is 53.7 Å². The molecule has 1 saturated heterocycles. The van der Waals surface area contributed by atoms with Gasteiger partial charge in [0.05, 0.1) is 11.3 Å². The van der Waals surface area contributed by atoms with Crippen molar-refractivity contribution in [3.05, 3.63) is 28.0 Å². The lowest BCUT2D eigenvalue weighted by Gasteiger charge is -2.22. The molecule has 0 spiro atoms. The Balaban J connectivity index is 1.81. The number of hydrogen-bond acceptors (Lipinski definition) is 3. The number of hydrogen-bond donors (Lipinski definition) is 2. The maximum absolute atomic E-state index is 13.7. The van der Waals surface area contributed by atoms with Crippen molar-refractivity contribution in [1.82, 2.24) is 5.32 Å². The van der Waals surface area contributed by atoms with E-state index in [1.165, 1.54) is 6.07 Å². The van der Waals surface area contributed by atoms with Crippen molar-refractivity contribution in [2.75, 3.05) is 18.5 Å². The lowest BCUT2D eigenvalue weighted by molar-refractivity contribution is -0.122. The molecule has 0 unspecified atom stereocenters. The third-order valence-electron chi connectivity index (χ3n) is 4.05. The number of carbonyl (C=O) groups excluding carboxylic acids is 2. The second kappa shape index (κ2) is 6.97. The number of amides is 2. The standard InChI is InChI=1S/C16H18BrFN2O3/c17-13-8-10(18)7-12(16(22)19-11-1-2-11)14(13)20-15(21)9-3-5-23-6-4-9/h7-9,11H,1-6H2,(H,19,22)(H,20,21). The summed E-state index contributed by atoms with van der Waals surface area (Å²) in [6, 6.07) is 2.55. The Bertz CT molecular complexity index is 628. The molecule has 2 aliphatic rings. The molecule has 0 aromatic heterocycles. The molecule has 1 saturated carbocycles. The summed E-state index contributed by atoms with van der Waals surface area (Å²) in [4.78, 5) is 24.7. The largest absolute Gasteiger partial charge is 0.381 e. The summed E-state index contributed by atoms with van der Waals surface area (Å²) in [7, 11) is 0. The van der Waals surface area contributed by atoms with Gasteiger partial charge < -0.3 is 15.4 Å². The summed E-state index contributed by atoms with van der Waals surface area (Å²) in [5.74, 6) is -1.21. The average Bonchev–Trinajstić information content (AvgIpc) is 3.34. The van der Waals surface area contributed by atoms with Crippen LogP contribution in [0.3, 0.4) is 0 Å². The SMILES string of the molecule is O=C(NC1CC1)c1cc(F)cc(Br)c1NC(=O)C1CCOCC1. The smallest absolute Gasteiger partial charge is 0.253 e. The number of rotatable bonds is 4. The highest BCUT2D eigenvalue weighted by Gasteiger charge is 2.28. The van der Waals surface area contributed by atoms with E-state index < -0.39 is 5.82 Å². The Kier molecular flexibility index (Phi) is 4.96. The molecule has 124 valence electrons. The van der Waals surface area contributed by atoms with Crippen LogP contribution in [0.2, 0.25) is 0 Å². The Labute approximate surface area is 142 Å². The van der Waals surface area contributed by atoms with E-state index in [0.717, 1.165) is 18.9 Å². The highest BCUT2D eigenvalue weighted by molar-refractivity contribution is 9.10. The molecule has 0 radical (unpaired) electrons. The molecule has 1 aromatic carbocycles. The van der Waals surface area contributed by atoms with Crippen molar-refractivity contribution in [2.45, 2.75) is 31.7 Å². The minimum atomic E-state index is -0.526. The zero-order valence-electron chi connectivity index (χ0n) is 12.5. The molecule has 3 rings (SSSR count). The van der Waals surface area contributed by atoms with Gasteiger partial charge in [-0.15, -0.1) is 0 Å². The van der Waals surface area contributed by atoms with Crippen molar-refractivity contribution in [3.8, 4) is 0 Å². The van der Waals surface area contributed by atoms with Crippen LogP contribution >= 0.6 is 15.9 Å². The topological polar surface area (TPSA) is 67.4 Å². The summed E-state index contributed by atoms with van der Waals surface area (Å²) in [6.45, 7) is 1.11. The van der Waals surface area contributed by atoms with E-state index in [4.69, 9.17) is 4.74 Å². The van der Waals surface area contributed by atoms with E-state index in [-0.39, 0.29) is 29.3 Å². The van der Waals surface area contributed by atoms with E-state index in [1.54, 1.807) is 0 Å². The number of nitrogens with one attached hydrogen (secondary N) is 2. The van der Waals surface area contributed by atoms with Crippen LogP contribution in [0.4, 0.5) is 10.1 Å². The zero-order valence-corrected chi connectivity index (χ0v) is 14.1. The number of benzene rings is 1. The van der Waals surface area contributed by atoms with Gasteiger partial charge in [-0.3, -0.25) is 9.59 Å². The summed E-state index contributed by atoms with van der Waals surface area (Å²) in [5.41, 5.74) is 0.463. The van der Waals surface area contributed by atoms with E-state index in [2.05, 4.69) is 26.6 Å². The van der Waals surface area contributed by atoms with Crippen LogP contribution in [0.15, 0.2) is 16.6 Å². The van der Waals surface area contributed by atoms with Crippen molar-refractivity contribution in [1.29, 1.82) is 0 Å². The van der Waals surface area contributed by atoms with Gasteiger partial charge in [0.2, 0.25) is 5.91 Å². The third-order valence-corrected chi connectivity index (χ3v) is 4.68. The van der Waals surface area contributed by atoms with Crippen LogP contribution in [-0.4, -0.2) is 31.1 Å². The minimum Gasteiger partial charge on any atom is -0.381 e. The van der Waals surface area contributed by atoms with Crippen LogP contribution in [-0.2, 0) is 9.53 Å². The summed E-state index contributed by atoms with van der Waals surface area (Å²) in [6.07, 6.45) is 3.17. The maximum atomic E-state index is 13.7. The molecule has 0 atom stereocenters. The molecular formula is C16H18BrFN2O3. The summed E-state index contributed by atoms with van der Waals surface area (Å²) < 4.78 is 19.3. The fourth-order valence-corrected chi connectivity index (χ4v) is 3.09. The van der Waals surface area contributed by atoms with Crippen molar-refractivity contribution in [3.63, 3.8) is 0 Å². The second-order valence-corrected chi connectivity index (χ2v) is 6.79. The lowest BCUT2D eigenvalue weighted by Crippen LogP contribution is -2.31. The Morgan fingerprint density at radius 1 is 1.17 bits per heavy atom. The lowest BCUT2D eigenvalue weighted by atomic mass is 9.99. The van der Waals surface area contributed by atoms with Gasteiger partial charge in [-0.1, -0.05) is 0 Å². The van der Waals surface area contributed by atoms with Crippen LogP contribution in [0.5, 0.6) is 0 Å². The highest BCUT2D eigenvalue weighted by Crippen LogP contribution is 2.30. The monoisotopic (exact) mass is 384 g/mol. The molecule has 2 fully saturated rings. The van der Waals surface area contributed by atoms with Crippen LogP contribution < -0.4 is 10.6 Å². The van der Waals surface area contributed by atoms with Gasteiger partial charge in [0.25, 0.3) is 5.91 Å². The van der Waals surface area contributed by atoms with Crippen molar-refractivity contribution >= 4 is 33.4 Å².